The van der Waals surface area contributed by atoms with E-state index >= 15 is 0 Å². The number of nitrogens with one attached hydrogen (secondary N) is 3. The summed E-state index contributed by atoms with van der Waals surface area (Å²) >= 11 is 0. The van der Waals surface area contributed by atoms with Crippen LogP contribution in [0.25, 0.3) is 0 Å². The molecule has 0 aliphatic carbocycles. The average molecular weight is 547 g/mol. The maximum absolute atomic E-state index is 10.6. The van der Waals surface area contributed by atoms with Crippen LogP contribution in [0.1, 0.15) is 61.8 Å². The van der Waals surface area contributed by atoms with E-state index in [1.807, 2.05) is 0 Å². The van der Waals surface area contributed by atoms with E-state index in [1.54, 1.807) is 9.80 Å². The van der Waals surface area contributed by atoms with E-state index in [0.717, 1.165) is 11.6 Å². The molecule has 0 saturated heterocycles. The van der Waals surface area contributed by atoms with Crippen LogP contribution in [-0.4, -0.2) is 83.9 Å². The van der Waals surface area contributed by atoms with Gasteiger partial charge in [0.05, 0.1) is 45.7 Å². The van der Waals surface area contributed by atoms with E-state index in [4.69, 9.17) is 0 Å². The summed E-state index contributed by atoms with van der Waals surface area (Å²) in [4.78, 5) is 34.5. The first-order valence-corrected chi connectivity index (χ1v) is 14.5. The SMILES string of the molecule is CC(=O)CC(=O)NS(=O)(=O)[O-].CC1=CC(=O)CS(=O)(=O)O1.CC[NH+](CC)CC.CC[NH+](CC)CC. The monoisotopic (exact) mass is 546 g/mol. The minimum absolute atomic E-state index is 0.135. The van der Waals surface area contributed by atoms with Crippen LogP contribution in [0.2, 0.25) is 0 Å². The zero-order valence-corrected chi connectivity index (χ0v) is 23.9. The van der Waals surface area contributed by atoms with Gasteiger partial charge >= 0.3 is 10.1 Å². The van der Waals surface area contributed by atoms with E-state index in [0.29, 0.717) is 0 Å². The van der Waals surface area contributed by atoms with Crippen molar-refractivity contribution in [1.29, 1.82) is 0 Å². The standard InChI is InChI=1S/2C6H15N.C5H6O4S.C4H7NO5S/c2*1-4-7(5-2)6-3;1-4-2-5(6)3-10(7,8)9-4;1-3(6)2-4(7)5-11(8,9)10/h2*4-6H2,1-3H3;2H,3H2,1H3;2H2,1H3,(H,5,7)(H,8,9,10)/p+1. The van der Waals surface area contributed by atoms with Gasteiger partial charge in [-0.25, -0.2) is 8.42 Å². The molecular formula is C21H44N3O9S2+. The summed E-state index contributed by atoms with van der Waals surface area (Å²) in [7, 11) is -8.37. The normalized spacial score (nSPS) is 14.1. The molecule has 12 nitrogen and oxygen atoms in total. The van der Waals surface area contributed by atoms with Crippen molar-refractivity contribution in [1.82, 2.24) is 4.72 Å². The molecule has 0 saturated carbocycles. The Morgan fingerprint density at radius 3 is 1.54 bits per heavy atom. The molecule has 1 rings (SSSR count). The summed E-state index contributed by atoms with van der Waals surface area (Å²) < 4.78 is 56.1. The molecule has 1 amide bonds. The number of carbonyl (C=O) groups is 3. The lowest BCUT2D eigenvalue weighted by Crippen LogP contribution is -3.11. The lowest BCUT2D eigenvalue weighted by Gasteiger charge is -2.10. The van der Waals surface area contributed by atoms with Crippen molar-refractivity contribution in [2.24, 2.45) is 0 Å². The van der Waals surface area contributed by atoms with Crippen LogP contribution < -0.4 is 14.5 Å². The van der Waals surface area contributed by atoms with Gasteiger partial charge in [-0.2, -0.15) is 8.42 Å². The molecule has 0 unspecified atom stereocenters. The van der Waals surface area contributed by atoms with Crippen LogP contribution in [0.3, 0.4) is 0 Å². The van der Waals surface area contributed by atoms with Crippen LogP contribution in [0, 0.1) is 0 Å². The van der Waals surface area contributed by atoms with Gasteiger partial charge < -0.3 is 18.5 Å². The molecule has 0 aromatic carbocycles. The Labute approximate surface area is 211 Å². The molecule has 1 aliphatic heterocycles. The summed E-state index contributed by atoms with van der Waals surface area (Å²) in [5, 5.41) is 0. The minimum Gasteiger partial charge on any atom is -0.731 e. The number of allylic oxidation sites excluding steroid dienone is 2. The van der Waals surface area contributed by atoms with Gasteiger partial charge in [0.2, 0.25) is 5.91 Å². The maximum Gasteiger partial charge on any atom is 0.316 e. The zero-order chi connectivity index (χ0) is 28.2. The fraction of sp³-hybridized carbons (Fsp3) is 0.762. The number of rotatable bonds is 9. The summed E-state index contributed by atoms with van der Waals surface area (Å²) in [6, 6.07) is 0. The Morgan fingerprint density at radius 1 is 0.971 bits per heavy atom. The van der Waals surface area contributed by atoms with Crippen molar-refractivity contribution in [3.63, 3.8) is 0 Å². The van der Waals surface area contributed by atoms with Gasteiger partial charge in [-0.15, -0.1) is 0 Å². The number of carbonyl (C=O) groups excluding carboxylic acids is 3. The smallest absolute Gasteiger partial charge is 0.316 e. The second-order valence-electron chi connectivity index (χ2n) is 7.49. The van der Waals surface area contributed by atoms with E-state index in [2.05, 4.69) is 45.7 Å². The van der Waals surface area contributed by atoms with Gasteiger partial charge in [-0.1, -0.05) is 0 Å². The quantitative estimate of drug-likeness (QED) is 0.172. The van der Waals surface area contributed by atoms with Crippen molar-refractivity contribution in [3.8, 4) is 0 Å². The fourth-order valence-electron chi connectivity index (χ4n) is 2.60. The number of ketones is 2. The first-order chi connectivity index (χ1) is 16.0. The molecule has 0 atom stereocenters. The molecular weight excluding hydrogens is 502 g/mol. The summed E-state index contributed by atoms with van der Waals surface area (Å²) in [6.07, 6.45) is 0.572. The highest BCUT2D eigenvalue weighted by Gasteiger charge is 2.22. The van der Waals surface area contributed by atoms with Gasteiger partial charge in [0.15, 0.2) is 16.1 Å². The Balaban J connectivity index is -0.000000398. The molecule has 1 aliphatic rings. The van der Waals surface area contributed by atoms with Crippen LogP contribution in [0.5, 0.6) is 0 Å². The summed E-state index contributed by atoms with van der Waals surface area (Å²) in [5.41, 5.74) is 0. The van der Waals surface area contributed by atoms with Crippen LogP contribution in [0.15, 0.2) is 11.8 Å². The van der Waals surface area contributed by atoms with Crippen molar-refractivity contribution < 1.29 is 49.8 Å². The number of amides is 1. The highest BCUT2D eigenvalue weighted by molar-refractivity contribution is 7.87. The number of hydrogen-bond donors (Lipinski definition) is 3. The molecule has 208 valence electrons. The Bertz CT molecular complexity index is 839. The molecule has 3 N–H and O–H groups in total. The molecule has 0 aromatic rings. The van der Waals surface area contributed by atoms with Gasteiger partial charge in [0, 0.05) is 6.08 Å². The lowest BCUT2D eigenvalue weighted by atomic mass is 10.3. The van der Waals surface area contributed by atoms with E-state index in [1.165, 1.54) is 52.3 Å². The van der Waals surface area contributed by atoms with Crippen LogP contribution >= 0.6 is 0 Å². The van der Waals surface area contributed by atoms with Gasteiger partial charge in [0.25, 0.3) is 0 Å². The molecule has 1 heterocycles. The molecule has 0 fully saturated rings. The third-order valence-electron chi connectivity index (χ3n) is 4.59. The second-order valence-corrected chi connectivity index (χ2v) is 10.2. The maximum atomic E-state index is 10.6. The van der Waals surface area contributed by atoms with E-state index in [9.17, 15) is 35.8 Å². The van der Waals surface area contributed by atoms with Gasteiger partial charge in [0.1, 0.15) is 17.3 Å². The second kappa shape index (κ2) is 20.3. The molecule has 0 aromatic heterocycles. The first-order valence-electron chi connectivity index (χ1n) is 11.6. The molecule has 0 radical (unpaired) electrons. The zero-order valence-electron chi connectivity index (χ0n) is 22.2. The number of quaternary nitrogens is 2. The molecule has 35 heavy (non-hydrogen) atoms. The van der Waals surface area contributed by atoms with E-state index < -0.39 is 50.1 Å². The number of hydrogen-bond acceptors (Lipinski definition) is 9. The largest absolute Gasteiger partial charge is 0.731 e. The molecule has 0 bridgehead atoms. The molecule has 14 heteroatoms. The third kappa shape index (κ3) is 26.6. The average Bonchev–Trinajstić information content (AvgIpc) is 2.68. The van der Waals surface area contributed by atoms with E-state index in [-0.39, 0.29) is 5.76 Å². The van der Waals surface area contributed by atoms with Crippen molar-refractivity contribution in [2.45, 2.75) is 61.8 Å². The highest BCUT2D eigenvalue weighted by atomic mass is 32.2. The predicted octanol–water partition coefficient (Wildman–Crippen LogP) is -1.78. The summed E-state index contributed by atoms with van der Waals surface area (Å²) in [5.74, 6) is -2.44. The van der Waals surface area contributed by atoms with Gasteiger partial charge in [-0.05, 0) is 55.4 Å². The molecule has 0 spiro atoms. The Kier molecular flexibility index (Phi) is 21.9. The van der Waals surface area contributed by atoms with Crippen LogP contribution in [0.4, 0.5) is 0 Å². The summed E-state index contributed by atoms with van der Waals surface area (Å²) in [6.45, 7) is 23.5. The van der Waals surface area contributed by atoms with Crippen LogP contribution in [-0.2, 0) is 39.0 Å². The third-order valence-corrected chi connectivity index (χ3v) is 6.22. The first kappa shape index (κ1) is 37.7. The topological polar surface area (TPSA) is 173 Å². The van der Waals surface area contributed by atoms with Crippen molar-refractivity contribution in [2.75, 3.05) is 45.0 Å². The van der Waals surface area contributed by atoms with Crippen molar-refractivity contribution in [3.05, 3.63) is 11.8 Å². The predicted molar refractivity (Wildman–Crippen MR) is 132 cm³/mol. The number of Topliss-reactive ketones (excluding diaryl/α,β-unsaturated/α-hetero) is 1. The Hall–Kier alpha value is -1.87. The fourth-order valence-corrected chi connectivity index (χ4v) is 3.89. The minimum atomic E-state index is -4.77. The lowest BCUT2D eigenvalue weighted by molar-refractivity contribution is -0.894. The highest BCUT2D eigenvalue weighted by Crippen LogP contribution is 2.09. The Morgan fingerprint density at radius 2 is 1.34 bits per heavy atom. The van der Waals surface area contributed by atoms with Gasteiger partial charge in [-0.3, -0.25) is 19.1 Å². The van der Waals surface area contributed by atoms with Crippen molar-refractivity contribution >= 4 is 37.9 Å².